The zero-order chi connectivity index (χ0) is 15.1. The fourth-order valence-corrected chi connectivity index (χ4v) is 2.91. The summed E-state index contributed by atoms with van der Waals surface area (Å²) in [6.07, 6.45) is 7.61. The maximum absolute atomic E-state index is 12.1. The maximum Gasteiger partial charge on any atom is 0.268 e. The van der Waals surface area contributed by atoms with Crippen LogP contribution in [0, 0.1) is 0 Å². The van der Waals surface area contributed by atoms with Gasteiger partial charge in [-0.05, 0) is 45.6 Å². The van der Waals surface area contributed by atoms with Crippen molar-refractivity contribution < 1.29 is 0 Å². The van der Waals surface area contributed by atoms with E-state index in [0.29, 0.717) is 12.6 Å². The van der Waals surface area contributed by atoms with Gasteiger partial charge in [0, 0.05) is 31.7 Å². The Hall–Kier alpha value is -1.36. The second-order valence-corrected chi connectivity index (χ2v) is 5.92. The number of anilines is 1. The fraction of sp³-hybridized carbons (Fsp3) is 0.750. The molecule has 0 bridgehead atoms. The highest BCUT2D eigenvalue weighted by atomic mass is 16.1. The van der Waals surface area contributed by atoms with Gasteiger partial charge in [0.05, 0.1) is 11.9 Å². The largest absolute Gasteiger partial charge is 0.370 e. The Labute approximate surface area is 127 Å². The molecule has 0 spiro atoms. The van der Waals surface area contributed by atoms with Gasteiger partial charge in [-0.2, -0.15) is 5.10 Å². The van der Waals surface area contributed by atoms with Crippen LogP contribution < -0.4 is 15.8 Å². The zero-order valence-electron chi connectivity index (χ0n) is 13.3. The molecule has 0 radical (unpaired) electrons. The molecule has 0 aliphatic carbocycles. The number of nitrogens with one attached hydrogen (secondary N) is 1. The van der Waals surface area contributed by atoms with Crippen molar-refractivity contribution in [2.75, 3.05) is 24.5 Å². The number of hydrogen-bond acceptors (Lipinski definition) is 4. The summed E-state index contributed by atoms with van der Waals surface area (Å²) in [5.41, 5.74) is 1.01. The van der Waals surface area contributed by atoms with Gasteiger partial charge >= 0.3 is 0 Å². The standard InChI is InChI=1S/C16H28N4O/c1-3-17-14(2)8-7-11-20-16(21)12-15(13-18-20)19-9-5-4-6-10-19/h12-14,17H,3-11H2,1-2H3. The van der Waals surface area contributed by atoms with Gasteiger partial charge in [-0.1, -0.05) is 6.92 Å². The Bertz CT molecular complexity index is 479. The third kappa shape index (κ3) is 4.84. The van der Waals surface area contributed by atoms with Crippen LogP contribution in [0.3, 0.4) is 0 Å². The average Bonchev–Trinajstić information content (AvgIpc) is 2.50. The van der Waals surface area contributed by atoms with Gasteiger partial charge in [0.25, 0.3) is 5.56 Å². The summed E-state index contributed by atoms with van der Waals surface area (Å²) in [5.74, 6) is 0. The number of aromatic nitrogens is 2. The second kappa shape index (κ2) is 8.17. The summed E-state index contributed by atoms with van der Waals surface area (Å²) in [7, 11) is 0. The average molecular weight is 292 g/mol. The third-order valence-corrected chi connectivity index (χ3v) is 4.14. The summed E-state index contributed by atoms with van der Waals surface area (Å²) < 4.78 is 1.59. The van der Waals surface area contributed by atoms with Crippen LogP contribution in [0.5, 0.6) is 0 Å². The predicted octanol–water partition coefficient (Wildman–Crippen LogP) is 2.01. The van der Waals surface area contributed by atoms with E-state index in [-0.39, 0.29) is 5.56 Å². The highest BCUT2D eigenvalue weighted by Gasteiger charge is 2.12. The van der Waals surface area contributed by atoms with Gasteiger partial charge in [-0.15, -0.1) is 0 Å². The Morgan fingerprint density at radius 1 is 1.33 bits per heavy atom. The lowest BCUT2D eigenvalue weighted by Gasteiger charge is -2.28. The van der Waals surface area contributed by atoms with E-state index < -0.39 is 0 Å². The Kier molecular flexibility index (Phi) is 6.23. The number of rotatable bonds is 7. The highest BCUT2D eigenvalue weighted by Crippen LogP contribution is 2.16. The molecule has 5 heteroatoms. The van der Waals surface area contributed by atoms with Crippen molar-refractivity contribution >= 4 is 5.69 Å². The molecule has 1 unspecified atom stereocenters. The molecule has 1 N–H and O–H groups in total. The van der Waals surface area contributed by atoms with Gasteiger partial charge in [-0.3, -0.25) is 4.79 Å². The van der Waals surface area contributed by atoms with Crippen LogP contribution in [0.1, 0.15) is 46.0 Å². The molecule has 2 rings (SSSR count). The molecule has 2 heterocycles. The van der Waals surface area contributed by atoms with Crippen LogP contribution in [-0.2, 0) is 6.54 Å². The van der Waals surface area contributed by atoms with E-state index in [1.807, 2.05) is 6.20 Å². The first-order chi connectivity index (χ1) is 10.2. The second-order valence-electron chi connectivity index (χ2n) is 5.92. The van der Waals surface area contributed by atoms with Crippen molar-refractivity contribution in [1.82, 2.24) is 15.1 Å². The van der Waals surface area contributed by atoms with Crippen LogP contribution in [0.2, 0.25) is 0 Å². The third-order valence-electron chi connectivity index (χ3n) is 4.14. The number of piperidine rings is 1. The Morgan fingerprint density at radius 2 is 2.10 bits per heavy atom. The lowest BCUT2D eigenvalue weighted by molar-refractivity contribution is 0.462. The van der Waals surface area contributed by atoms with E-state index in [2.05, 4.69) is 29.2 Å². The quantitative estimate of drug-likeness (QED) is 0.835. The van der Waals surface area contributed by atoms with Crippen LogP contribution in [0.15, 0.2) is 17.1 Å². The van der Waals surface area contributed by atoms with Gasteiger partial charge in [-0.25, -0.2) is 4.68 Å². The zero-order valence-corrected chi connectivity index (χ0v) is 13.3. The molecule has 21 heavy (non-hydrogen) atoms. The summed E-state index contributed by atoms with van der Waals surface area (Å²) in [6, 6.07) is 2.24. The SMILES string of the molecule is CCNC(C)CCCn1ncc(N2CCCCC2)cc1=O. The molecule has 1 atom stereocenters. The highest BCUT2D eigenvalue weighted by molar-refractivity contribution is 5.43. The van der Waals surface area contributed by atoms with Gasteiger partial charge in [0.15, 0.2) is 0 Å². The summed E-state index contributed by atoms with van der Waals surface area (Å²) in [4.78, 5) is 14.4. The van der Waals surface area contributed by atoms with E-state index >= 15 is 0 Å². The number of aryl methyl sites for hydroxylation is 1. The van der Waals surface area contributed by atoms with Gasteiger partial charge in [0.2, 0.25) is 0 Å². The van der Waals surface area contributed by atoms with E-state index in [4.69, 9.17) is 0 Å². The Morgan fingerprint density at radius 3 is 2.76 bits per heavy atom. The molecule has 1 aromatic rings. The van der Waals surface area contributed by atoms with Crippen molar-refractivity contribution in [3.8, 4) is 0 Å². The van der Waals surface area contributed by atoms with E-state index in [0.717, 1.165) is 38.2 Å². The van der Waals surface area contributed by atoms with Crippen molar-refractivity contribution in [3.63, 3.8) is 0 Å². The summed E-state index contributed by atoms with van der Waals surface area (Å²) in [5, 5.41) is 7.72. The minimum atomic E-state index is 0.0224. The first kappa shape index (κ1) is 16.0. The van der Waals surface area contributed by atoms with Crippen molar-refractivity contribution in [2.45, 2.75) is 58.5 Å². The lowest BCUT2D eigenvalue weighted by Crippen LogP contribution is -2.32. The molecule has 0 amide bonds. The monoisotopic (exact) mass is 292 g/mol. The molecule has 1 fully saturated rings. The topological polar surface area (TPSA) is 50.2 Å². The van der Waals surface area contributed by atoms with Gasteiger partial charge in [0.1, 0.15) is 0 Å². The maximum atomic E-state index is 12.1. The molecule has 1 aliphatic rings. The summed E-state index contributed by atoms with van der Waals surface area (Å²) >= 11 is 0. The van der Waals surface area contributed by atoms with E-state index in [9.17, 15) is 4.79 Å². The van der Waals surface area contributed by atoms with Crippen LogP contribution in [-0.4, -0.2) is 35.5 Å². The first-order valence-corrected chi connectivity index (χ1v) is 8.26. The molecule has 5 nitrogen and oxygen atoms in total. The molecule has 0 aromatic carbocycles. The smallest absolute Gasteiger partial charge is 0.268 e. The molecule has 0 saturated carbocycles. The fourth-order valence-electron chi connectivity index (χ4n) is 2.91. The number of hydrogen-bond donors (Lipinski definition) is 1. The molecule has 1 saturated heterocycles. The van der Waals surface area contributed by atoms with E-state index in [1.165, 1.54) is 19.3 Å². The first-order valence-electron chi connectivity index (χ1n) is 8.26. The van der Waals surface area contributed by atoms with Crippen molar-refractivity contribution in [3.05, 3.63) is 22.6 Å². The molecule has 1 aromatic heterocycles. The van der Waals surface area contributed by atoms with Crippen LogP contribution >= 0.6 is 0 Å². The Balaban J connectivity index is 1.88. The molecule has 1 aliphatic heterocycles. The minimum Gasteiger partial charge on any atom is -0.370 e. The van der Waals surface area contributed by atoms with Crippen molar-refractivity contribution in [1.29, 1.82) is 0 Å². The van der Waals surface area contributed by atoms with Crippen LogP contribution in [0.4, 0.5) is 5.69 Å². The van der Waals surface area contributed by atoms with Gasteiger partial charge < -0.3 is 10.2 Å². The lowest BCUT2D eigenvalue weighted by atomic mass is 10.1. The normalized spacial score (nSPS) is 17.0. The summed E-state index contributed by atoms with van der Waals surface area (Å²) in [6.45, 7) is 8.08. The molecular formula is C16H28N4O. The van der Waals surface area contributed by atoms with E-state index in [1.54, 1.807) is 10.7 Å². The number of nitrogens with zero attached hydrogens (tertiary/aromatic N) is 3. The molecule has 118 valence electrons. The van der Waals surface area contributed by atoms with Crippen molar-refractivity contribution in [2.24, 2.45) is 0 Å². The minimum absolute atomic E-state index is 0.0224. The predicted molar refractivity (Wildman–Crippen MR) is 86.9 cm³/mol. The van der Waals surface area contributed by atoms with Crippen LogP contribution in [0.25, 0.3) is 0 Å². The molecular weight excluding hydrogens is 264 g/mol.